The van der Waals surface area contributed by atoms with Gasteiger partial charge in [0, 0.05) is 31.8 Å². The normalized spacial score (nSPS) is 17.6. The minimum Gasteiger partial charge on any atom is -0.339 e. The number of pyridine rings is 1. The summed E-state index contributed by atoms with van der Waals surface area (Å²) in [5.74, 6) is -0.0925. The number of halogens is 3. The number of imidazole rings is 1. The molecule has 3 aromatic heterocycles. The molecule has 0 spiro atoms. The van der Waals surface area contributed by atoms with Gasteiger partial charge in [-0.15, -0.1) is 10.2 Å². The summed E-state index contributed by atoms with van der Waals surface area (Å²) in [6.45, 7) is 2.21. The predicted molar refractivity (Wildman–Crippen MR) is 122 cm³/mol. The van der Waals surface area contributed by atoms with Crippen molar-refractivity contribution >= 4 is 38.4 Å². The van der Waals surface area contributed by atoms with Crippen molar-refractivity contribution in [1.82, 2.24) is 29.2 Å². The summed E-state index contributed by atoms with van der Waals surface area (Å²) in [4.78, 5) is 17.4. The largest absolute Gasteiger partial charge is 0.445 e. The summed E-state index contributed by atoms with van der Waals surface area (Å²) in [5.41, 5.74) is 0.549. The Morgan fingerprint density at radius 1 is 1.31 bits per heavy atom. The minimum atomic E-state index is -4.68. The first-order valence-electron chi connectivity index (χ1n) is 10.7. The molecule has 36 heavy (non-hydrogen) atoms. The number of nitriles is 1. The van der Waals surface area contributed by atoms with E-state index >= 15 is 0 Å². The molecule has 3 aromatic rings. The van der Waals surface area contributed by atoms with E-state index in [9.17, 15) is 31.6 Å². The molecule has 0 bridgehead atoms. The maximum atomic E-state index is 13.2. The van der Waals surface area contributed by atoms with Crippen LogP contribution in [0, 0.1) is 11.3 Å². The number of aromatic nitrogens is 4. The van der Waals surface area contributed by atoms with Crippen LogP contribution in [0.2, 0.25) is 0 Å². The van der Waals surface area contributed by atoms with Crippen LogP contribution in [0.5, 0.6) is 0 Å². The van der Waals surface area contributed by atoms with E-state index in [4.69, 9.17) is 0 Å². The topological polar surface area (TPSA) is 133 Å². The first kappa shape index (κ1) is 24.3. The van der Waals surface area contributed by atoms with Crippen molar-refractivity contribution < 1.29 is 26.4 Å². The Bertz CT molecular complexity index is 1560. The zero-order chi connectivity index (χ0) is 25.9. The van der Waals surface area contributed by atoms with E-state index in [1.54, 1.807) is 11.0 Å². The van der Waals surface area contributed by atoms with Crippen molar-refractivity contribution in [1.29, 1.82) is 5.26 Å². The summed E-state index contributed by atoms with van der Waals surface area (Å²) in [5, 5.41) is 14.9. The van der Waals surface area contributed by atoms with Gasteiger partial charge in [-0.1, -0.05) is 17.4 Å². The molecule has 2 aliphatic rings. The van der Waals surface area contributed by atoms with Gasteiger partial charge in [0.05, 0.1) is 22.7 Å². The van der Waals surface area contributed by atoms with E-state index in [0.29, 0.717) is 54.8 Å². The van der Waals surface area contributed by atoms with Crippen LogP contribution in [0.4, 0.5) is 13.2 Å². The van der Waals surface area contributed by atoms with Gasteiger partial charge >= 0.3 is 6.18 Å². The van der Waals surface area contributed by atoms with Crippen LogP contribution in [-0.2, 0) is 21.0 Å². The second kappa shape index (κ2) is 8.36. The molecule has 1 N–H and O–H groups in total. The Morgan fingerprint density at radius 3 is 2.61 bits per heavy atom. The van der Waals surface area contributed by atoms with Crippen LogP contribution in [0.1, 0.15) is 36.8 Å². The number of fused-ring (bicyclic) bond motifs is 1. The first-order chi connectivity index (χ1) is 16.9. The molecular formula is C21H18F3N7O3S2. The summed E-state index contributed by atoms with van der Waals surface area (Å²) >= 11 is 0.297. The van der Waals surface area contributed by atoms with Crippen LogP contribution < -0.4 is 4.72 Å². The van der Waals surface area contributed by atoms with E-state index in [2.05, 4.69) is 19.9 Å². The van der Waals surface area contributed by atoms with Gasteiger partial charge in [-0.2, -0.15) is 23.2 Å². The van der Waals surface area contributed by atoms with Crippen molar-refractivity contribution in [3.05, 3.63) is 35.1 Å². The third-order valence-corrected chi connectivity index (χ3v) is 8.55. The van der Waals surface area contributed by atoms with Crippen LogP contribution in [0.15, 0.2) is 29.4 Å². The highest BCUT2D eigenvalue weighted by molar-refractivity contribution is 7.89. The highest BCUT2D eigenvalue weighted by Gasteiger charge is 2.47. The number of carbonyl (C=O) groups excluding carboxylic acids is 1. The van der Waals surface area contributed by atoms with E-state index in [-0.39, 0.29) is 21.6 Å². The molecule has 0 saturated heterocycles. The molecule has 1 fully saturated rings. The second-order valence-electron chi connectivity index (χ2n) is 8.58. The number of hydrogen-bond donors (Lipinski definition) is 1. The molecule has 10 nitrogen and oxygen atoms in total. The van der Waals surface area contributed by atoms with Gasteiger partial charge in [0.1, 0.15) is 5.54 Å². The predicted octanol–water partition coefficient (Wildman–Crippen LogP) is 2.84. The highest BCUT2D eigenvalue weighted by Crippen LogP contribution is 2.38. The minimum absolute atomic E-state index is 0.000472. The molecule has 1 amide bonds. The fraction of sp³-hybridized carbons (Fsp3) is 0.381. The molecular weight excluding hydrogens is 519 g/mol. The SMILES string of the molecule is CC(=O)N1CC=C(c2cc(S(=O)(=O)NC3(C#N)CC3)cn3c(-c4nnc(C(F)(F)F)s4)ncc23)CC1. The Balaban J connectivity index is 1.66. The zero-order valence-corrected chi connectivity index (χ0v) is 20.3. The highest BCUT2D eigenvalue weighted by atomic mass is 32.2. The van der Waals surface area contributed by atoms with Crippen LogP contribution in [-0.4, -0.2) is 57.4 Å². The van der Waals surface area contributed by atoms with Crippen molar-refractivity contribution in [2.75, 3.05) is 13.1 Å². The monoisotopic (exact) mass is 537 g/mol. The van der Waals surface area contributed by atoms with Crippen molar-refractivity contribution in [3.8, 4) is 16.9 Å². The van der Waals surface area contributed by atoms with Gasteiger partial charge in [-0.3, -0.25) is 9.20 Å². The molecule has 0 unspecified atom stereocenters. The number of hydrogen-bond acceptors (Lipinski definition) is 8. The van der Waals surface area contributed by atoms with Crippen molar-refractivity contribution in [2.45, 2.75) is 42.8 Å². The number of carbonyl (C=O) groups is 1. The molecule has 1 aliphatic heterocycles. The molecule has 1 saturated carbocycles. The average Bonchev–Trinajstić information content (AvgIpc) is 3.21. The zero-order valence-electron chi connectivity index (χ0n) is 18.7. The van der Waals surface area contributed by atoms with E-state index in [1.807, 2.05) is 6.07 Å². The molecule has 0 atom stereocenters. The number of rotatable bonds is 5. The molecule has 1 aliphatic carbocycles. The van der Waals surface area contributed by atoms with E-state index < -0.39 is 26.7 Å². The second-order valence-corrected chi connectivity index (χ2v) is 11.2. The van der Waals surface area contributed by atoms with E-state index in [1.165, 1.54) is 29.8 Å². The maximum Gasteiger partial charge on any atom is 0.445 e. The standard InChI is InChI=1S/C21H18F3N7O3S2/c1-12(32)30-6-2-13(3-7-30)15-8-14(36(33,34)29-20(11-25)4-5-20)10-31-16(15)9-26-17(31)18-27-28-19(35-18)21(22,23)24/h2,8-10,29H,3-7H2,1H3. The van der Waals surface area contributed by atoms with Crippen molar-refractivity contribution in [2.24, 2.45) is 0 Å². The van der Waals surface area contributed by atoms with Gasteiger partial charge in [-0.05, 0) is 30.9 Å². The molecule has 15 heteroatoms. The smallest absolute Gasteiger partial charge is 0.339 e. The number of nitrogens with one attached hydrogen (secondary N) is 1. The number of alkyl halides is 3. The molecule has 4 heterocycles. The van der Waals surface area contributed by atoms with Gasteiger partial charge in [0.2, 0.25) is 20.9 Å². The lowest BCUT2D eigenvalue weighted by Gasteiger charge is -2.26. The van der Waals surface area contributed by atoms with Crippen molar-refractivity contribution in [3.63, 3.8) is 0 Å². The third-order valence-electron chi connectivity index (χ3n) is 6.08. The average molecular weight is 538 g/mol. The Hall–Kier alpha value is -3.35. The lowest BCUT2D eigenvalue weighted by Crippen LogP contribution is -2.35. The Morgan fingerprint density at radius 2 is 2.06 bits per heavy atom. The van der Waals surface area contributed by atoms with Crippen LogP contribution >= 0.6 is 11.3 Å². The maximum absolute atomic E-state index is 13.2. The van der Waals surface area contributed by atoms with Gasteiger partial charge in [-0.25, -0.2) is 13.4 Å². The lowest BCUT2D eigenvalue weighted by molar-refractivity contribution is -0.138. The lowest BCUT2D eigenvalue weighted by atomic mass is 9.99. The van der Waals surface area contributed by atoms with Crippen LogP contribution in [0.3, 0.4) is 0 Å². The van der Waals surface area contributed by atoms with Crippen LogP contribution in [0.25, 0.3) is 21.9 Å². The Kier molecular flexibility index (Phi) is 5.65. The quantitative estimate of drug-likeness (QED) is 0.529. The molecule has 0 radical (unpaired) electrons. The number of nitrogens with zero attached hydrogens (tertiary/aromatic N) is 6. The fourth-order valence-corrected chi connectivity index (χ4v) is 6.04. The first-order valence-corrected chi connectivity index (χ1v) is 13.0. The number of sulfonamides is 1. The summed E-state index contributed by atoms with van der Waals surface area (Å²) in [7, 11) is -4.16. The summed E-state index contributed by atoms with van der Waals surface area (Å²) < 4.78 is 69.6. The van der Waals surface area contributed by atoms with Gasteiger partial charge in [0.15, 0.2) is 10.8 Å². The van der Waals surface area contributed by atoms with E-state index in [0.717, 1.165) is 5.57 Å². The molecule has 188 valence electrons. The Labute approximate surface area is 207 Å². The third kappa shape index (κ3) is 4.36. The molecule has 0 aromatic carbocycles. The summed E-state index contributed by atoms with van der Waals surface area (Å²) in [6.07, 6.45) is 0.997. The number of amides is 1. The molecule has 5 rings (SSSR count). The summed E-state index contributed by atoms with van der Waals surface area (Å²) in [6, 6.07) is 3.43. The fourth-order valence-electron chi connectivity index (χ4n) is 3.94. The van der Waals surface area contributed by atoms with Gasteiger partial charge < -0.3 is 4.90 Å². The van der Waals surface area contributed by atoms with Gasteiger partial charge in [0.25, 0.3) is 0 Å².